The number of carbonyl (C=O) groups is 1. The second kappa shape index (κ2) is 5.54. The van der Waals surface area contributed by atoms with Crippen molar-refractivity contribution < 1.29 is 9.53 Å². The molecule has 5 nitrogen and oxygen atoms in total. The molecule has 114 valence electrons. The topological polar surface area (TPSA) is 45.7 Å². The van der Waals surface area contributed by atoms with Crippen molar-refractivity contribution in [1.29, 1.82) is 0 Å². The number of pyridine rings is 1. The Morgan fingerprint density at radius 3 is 3.10 bits per heavy atom. The van der Waals surface area contributed by atoms with Gasteiger partial charge in [0.1, 0.15) is 0 Å². The number of likely N-dealkylation sites (tertiary alicyclic amines) is 1. The Hall–Kier alpha value is -1.78. The molecule has 2 fully saturated rings. The van der Waals surface area contributed by atoms with E-state index in [-0.39, 0.29) is 11.4 Å². The Bertz CT molecular complexity index is 506. The highest BCUT2D eigenvalue weighted by Crippen LogP contribution is 2.48. The smallest absolute Gasteiger partial charge is 0.319 e. The van der Waals surface area contributed by atoms with Gasteiger partial charge in [-0.1, -0.05) is 12.5 Å². The van der Waals surface area contributed by atoms with Crippen LogP contribution in [0, 0.1) is 11.3 Å². The van der Waals surface area contributed by atoms with Gasteiger partial charge in [-0.05, 0) is 24.8 Å². The average Bonchev–Trinajstić information content (AvgIpc) is 3.02. The molecule has 1 saturated carbocycles. The number of urea groups is 1. The quantitative estimate of drug-likeness (QED) is 0.857. The van der Waals surface area contributed by atoms with Crippen LogP contribution in [0.5, 0.6) is 5.88 Å². The highest BCUT2D eigenvalue weighted by atomic mass is 16.5. The first-order valence-corrected chi connectivity index (χ1v) is 7.61. The second-order valence-electron chi connectivity index (χ2n) is 6.47. The third kappa shape index (κ3) is 2.69. The molecule has 2 atom stereocenters. The molecular formula is C16H23N3O2. The molecule has 5 heteroatoms. The van der Waals surface area contributed by atoms with E-state index in [0.717, 1.165) is 19.5 Å². The summed E-state index contributed by atoms with van der Waals surface area (Å²) in [6, 6.07) is 5.82. The summed E-state index contributed by atoms with van der Waals surface area (Å²) in [5, 5.41) is 0. The van der Waals surface area contributed by atoms with Gasteiger partial charge in [0.25, 0.3) is 0 Å². The minimum Gasteiger partial charge on any atom is -0.477 e. The van der Waals surface area contributed by atoms with Crippen LogP contribution in [0.2, 0.25) is 0 Å². The van der Waals surface area contributed by atoms with Crippen LogP contribution in [0.15, 0.2) is 24.4 Å². The molecule has 0 unspecified atom stereocenters. The Balaban J connectivity index is 1.68. The number of hydrogen-bond donors (Lipinski definition) is 0. The van der Waals surface area contributed by atoms with E-state index in [1.165, 1.54) is 12.8 Å². The van der Waals surface area contributed by atoms with Crippen molar-refractivity contribution >= 4 is 6.03 Å². The first kappa shape index (κ1) is 14.2. The number of hydrogen-bond acceptors (Lipinski definition) is 3. The molecule has 1 aliphatic heterocycles. The molecule has 3 rings (SSSR count). The summed E-state index contributed by atoms with van der Waals surface area (Å²) in [7, 11) is 3.63. The van der Waals surface area contributed by atoms with Crippen molar-refractivity contribution in [2.75, 3.05) is 33.8 Å². The molecule has 0 spiro atoms. The van der Waals surface area contributed by atoms with Gasteiger partial charge in [0.15, 0.2) is 0 Å². The summed E-state index contributed by atoms with van der Waals surface area (Å²) < 4.78 is 5.92. The van der Waals surface area contributed by atoms with Gasteiger partial charge in [0.05, 0.1) is 6.61 Å². The van der Waals surface area contributed by atoms with Crippen molar-refractivity contribution in [3.05, 3.63) is 24.4 Å². The zero-order chi connectivity index (χ0) is 14.9. The molecule has 2 heterocycles. The van der Waals surface area contributed by atoms with Crippen LogP contribution in [0.25, 0.3) is 0 Å². The predicted molar refractivity (Wildman–Crippen MR) is 80.2 cm³/mol. The number of rotatable bonds is 3. The Morgan fingerprint density at radius 1 is 1.52 bits per heavy atom. The van der Waals surface area contributed by atoms with E-state index in [4.69, 9.17) is 4.74 Å². The number of carbonyl (C=O) groups excluding carboxylic acids is 1. The van der Waals surface area contributed by atoms with Crippen molar-refractivity contribution in [1.82, 2.24) is 14.8 Å². The van der Waals surface area contributed by atoms with Crippen LogP contribution in [-0.2, 0) is 0 Å². The molecule has 21 heavy (non-hydrogen) atoms. The van der Waals surface area contributed by atoms with E-state index in [1.54, 1.807) is 11.1 Å². The lowest BCUT2D eigenvalue weighted by atomic mass is 9.82. The fourth-order valence-corrected chi connectivity index (χ4v) is 3.73. The van der Waals surface area contributed by atoms with Gasteiger partial charge in [0, 0.05) is 44.9 Å². The maximum atomic E-state index is 12.2. The Kier molecular flexibility index (Phi) is 3.74. The van der Waals surface area contributed by atoms with E-state index in [2.05, 4.69) is 4.98 Å². The first-order valence-electron chi connectivity index (χ1n) is 7.61. The van der Waals surface area contributed by atoms with E-state index in [0.29, 0.717) is 18.4 Å². The van der Waals surface area contributed by atoms with Gasteiger partial charge in [-0.2, -0.15) is 0 Å². The minimum absolute atomic E-state index is 0.113. The lowest BCUT2D eigenvalue weighted by Crippen LogP contribution is -2.40. The molecule has 0 N–H and O–H groups in total. The molecule has 1 saturated heterocycles. The molecule has 0 aromatic carbocycles. The summed E-state index contributed by atoms with van der Waals surface area (Å²) in [6.45, 7) is 2.33. The lowest BCUT2D eigenvalue weighted by Gasteiger charge is -2.29. The molecule has 0 bridgehead atoms. The predicted octanol–water partition coefficient (Wildman–Crippen LogP) is 2.24. The second-order valence-corrected chi connectivity index (χ2v) is 6.47. The zero-order valence-corrected chi connectivity index (χ0v) is 12.8. The third-order valence-electron chi connectivity index (χ3n) is 4.84. The SMILES string of the molecule is CN(C)C(=O)N1C[C@H]2CCC[C@]2(COc2ccccn2)C1. The number of nitrogens with zero attached hydrogens (tertiary/aromatic N) is 3. The summed E-state index contributed by atoms with van der Waals surface area (Å²) in [5.74, 6) is 1.24. The van der Waals surface area contributed by atoms with Gasteiger partial charge in [-0.15, -0.1) is 0 Å². The molecular weight excluding hydrogens is 266 g/mol. The third-order valence-corrected chi connectivity index (χ3v) is 4.84. The molecule has 1 aliphatic carbocycles. The normalized spacial score (nSPS) is 27.5. The summed E-state index contributed by atoms with van der Waals surface area (Å²) in [6.07, 6.45) is 5.32. The number of amides is 2. The number of ether oxygens (including phenoxy) is 1. The van der Waals surface area contributed by atoms with E-state index >= 15 is 0 Å². The fourth-order valence-electron chi connectivity index (χ4n) is 3.73. The highest BCUT2D eigenvalue weighted by molar-refractivity contribution is 5.74. The molecule has 1 aromatic rings. The largest absolute Gasteiger partial charge is 0.477 e. The zero-order valence-electron chi connectivity index (χ0n) is 12.8. The van der Waals surface area contributed by atoms with Gasteiger partial charge in [0.2, 0.25) is 5.88 Å². The van der Waals surface area contributed by atoms with Gasteiger partial charge in [-0.3, -0.25) is 0 Å². The minimum atomic E-state index is 0.113. The summed E-state index contributed by atoms with van der Waals surface area (Å²) >= 11 is 0. The lowest BCUT2D eigenvalue weighted by molar-refractivity contribution is 0.123. The van der Waals surface area contributed by atoms with Crippen LogP contribution in [0.3, 0.4) is 0 Å². The van der Waals surface area contributed by atoms with Gasteiger partial charge < -0.3 is 14.5 Å². The first-order chi connectivity index (χ1) is 10.1. The van der Waals surface area contributed by atoms with Crippen molar-refractivity contribution in [3.8, 4) is 5.88 Å². The average molecular weight is 289 g/mol. The van der Waals surface area contributed by atoms with Crippen LogP contribution in [-0.4, -0.2) is 54.6 Å². The molecule has 2 aliphatic rings. The van der Waals surface area contributed by atoms with E-state index in [1.807, 2.05) is 37.2 Å². The monoisotopic (exact) mass is 289 g/mol. The Labute approximate surface area is 125 Å². The number of fused-ring (bicyclic) bond motifs is 1. The molecule has 1 aromatic heterocycles. The van der Waals surface area contributed by atoms with Crippen LogP contribution < -0.4 is 4.74 Å². The van der Waals surface area contributed by atoms with Crippen molar-refractivity contribution in [2.24, 2.45) is 11.3 Å². The maximum Gasteiger partial charge on any atom is 0.319 e. The van der Waals surface area contributed by atoms with Gasteiger partial charge >= 0.3 is 6.03 Å². The number of aromatic nitrogens is 1. The molecule has 2 amide bonds. The van der Waals surface area contributed by atoms with E-state index in [9.17, 15) is 4.79 Å². The van der Waals surface area contributed by atoms with Crippen molar-refractivity contribution in [3.63, 3.8) is 0 Å². The van der Waals surface area contributed by atoms with Gasteiger partial charge in [-0.25, -0.2) is 9.78 Å². The Morgan fingerprint density at radius 2 is 2.38 bits per heavy atom. The standard InChI is InChI=1S/C16H23N3O2/c1-18(2)15(20)19-10-13-6-5-8-16(13,11-19)12-21-14-7-3-4-9-17-14/h3-4,7,9,13H,5-6,8,10-12H2,1-2H3/t13-,16-/m1/s1. The molecule has 0 radical (unpaired) electrons. The van der Waals surface area contributed by atoms with E-state index < -0.39 is 0 Å². The summed E-state index contributed by atoms with van der Waals surface area (Å²) in [4.78, 5) is 20.1. The summed E-state index contributed by atoms with van der Waals surface area (Å²) in [5.41, 5.74) is 0.114. The highest BCUT2D eigenvalue weighted by Gasteiger charge is 2.51. The van der Waals surface area contributed by atoms with Crippen LogP contribution >= 0.6 is 0 Å². The van der Waals surface area contributed by atoms with Crippen LogP contribution in [0.1, 0.15) is 19.3 Å². The van der Waals surface area contributed by atoms with Crippen LogP contribution in [0.4, 0.5) is 4.79 Å². The van der Waals surface area contributed by atoms with Crippen molar-refractivity contribution in [2.45, 2.75) is 19.3 Å². The maximum absolute atomic E-state index is 12.2. The fraction of sp³-hybridized carbons (Fsp3) is 0.625.